The van der Waals surface area contributed by atoms with Gasteiger partial charge in [0.1, 0.15) is 25.9 Å². The summed E-state index contributed by atoms with van der Waals surface area (Å²) >= 11 is 0. The standard InChI is InChI=1S/C21H26N2O6S/c1-30(26,27)22-8-6-16(7-9-22)14-29-21-15-28-19(10-20(21)24)13-23(25)11-17-4-2-3-5-18(17)12-23/h2-5,10,15-16H,6-9,11-14H2,1H3. The molecule has 4 rings (SSSR count). The minimum atomic E-state index is -3.16. The summed E-state index contributed by atoms with van der Waals surface area (Å²) in [4.78, 5) is 12.4. The first-order valence-corrected chi connectivity index (χ1v) is 11.9. The molecule has 0 aliphatic carbocycles. The number of ether oxygens (including phenoxy) is 1. The highest BCUT2D eigenvalue weighted by molar-refractivity contribution is 7.88. The van der Waals surface area contributed by atoms with E-state index < -0.39 is 14.7 Å². The third-order valence-electron chi connectivity index (χ3n) is 5.85. The van der Waals surface area contributed by atoms with Crippen molar-refractivity contribution < 1.29 is 22.2 Å². The molecule has 0 bridgehead atoms. The van der Waals surface area contributed by atoms with E-state index in [0.29, 0.717) is 51.4 Å². The van der Waals surface area contributed by atoms with Crippen LogP contribution in [0.2, 0.25) is 0 Å². The molecule has 0 N–H and O–H groups in total. The predicted molar refractivity (Wildman–Crippen MR) is 111 cm³/mol. The Hall–Kier alpha value is -2.20. The lowest BCUT2D eigenvalue weighted by Crippen LogP contribution is -2.39. The van der Waals surface area contributed by atoms with Crippen LogP contribution in [0.5, 0.6) is 5.75 Å². The Morgan fingerprint density at radius 2 is 1.83 bits per heavy atom. The summed E-state index contributed by atoms with van der Waals surface area (Å²) in [7, 11) is -3.16. The number of hydroxylamine groups is 3. The van der Waals surface area contributed by atoms with E-state index >= 15 is 0 Å². The average molecular weight is 435 g/mol. The van der Waals surface area contributed by atoms with Crippen molar-refractivity contribution in [3.63, 3.8) is 0 Å². The molecule has 1 aromatic heterocycles. The van der Waals surface area contributed by atoms with E-state index in [0.717, 1.165) is 11.1 Å². The molecule has 1 saturated heterocycles. The van der Waals surface area contributed by atoms with Crippen LogP contribution < -0.4 is 10.2 Å². The number of hydrogen-bond acceptors (Lipinski definition) is 6. The largest absolute Gasteiger partial charge is 0.632 e. The topological polar surface area (TPSA) is 99.9 Å². The van der Waals surface area contributed by atoms with Crippen molar-refractivity contribution in [3.05, 3.63) is 68.9 Å². The molecule has 2 aliphatic heterocycles. The van der Waals surface area contributed by atoms with Gasteiger partial charge in [-0.25, -0.2) is 12.7 Å². The van der Waals surface area contributed by atoms with Gasteiger partial charge in [-0.15, -0.1) is 0 Å². The summed E-state index contributed by atoms with van der Waals surface area (Å²) in [5.74, 6) is 0.642. The lowest BCUT2D eigenvalue weighted by atomic mass is 9.99. The lowest BCUT2D eigenvalue weighted by Gasteiger charge is -2.37. The van der Waals surface area contributed by atoms with Crippen molar-refractivity contribution in [1.82, 2.24) is 4.31 Å². The van der Waals surface area contributed by atoms with Gasteiger partial charge in [-0.05, 0) is 18.8 Å². The smallest absolute Gasteiger partial charge is 0.227 e. The van der Waals surface area contributed by atoms with Crippen LogP contribution in [0.4, 0.5) is 0 Å². The van der Waals surface area contributed by atoms with Gasteiger partial charge in [-0.1, -0.05) is 24.3 Å². The summed E-state index contributed by atoms with van der Waals surface area (Å²) in [5.41, 5.74) is 1.77. The van der Waals surface area contributed by atoms with E-state index in [2.05, 4.69) is 0 Å². The minimum Gasteiger partial charge on any atom is -0.632 e. The molecule has 0 atom stereocenters. The van der Waals surface area contributed by atoms with Crippen LogP contribution in [0.25, 0.3) is 0 Å². The number of nitrogens with zero attached hydrogens (tertiary/aromatic N) is 2. The molecule has 1 fully saturated rings. The molecule has 0 unspecified atom stereocenters. The maximum absolute atomic E-state index is 13.1. The van der Waals surface area contributed by atoms with Gasteiger partial charge in [-0.3, -0.25) is 4.79 Å². The molecular formula is C21H26N2O6S. The minimum absolute atomic E-state index is 0.0914. The van der Waals surface area contributed by atoms with Crippen LogP contribution in [0.15, 0.2) is 45.8 Å². The van der Waals surface area contributed by atoms with Crippen LogP contribution in [0.3, 0.4) is 0 Å². The van der Waals surface area contributed by atoms with Crippen molar-refractivity contribution in [2.24, 2.45) is 5.92 Å². The number of hydrogen-bond donors (Lipinski definition) is 0. The third kappa shape index (κ3) is 4.75. The Labute approximate surface area is 175 Å². The molecule has 2 aliphatic rings. The first kappa shape index (κ1) is 21.0. The van der Waals surface area contributed by atoms with Crippen LogP contribution in [0, 0.1) is 11.1 Å². The fourth-order valence-corrected chi connectivity index (χ4v) is 5.05. The number of piperidine rings is 1. The van der Waals surface area contributed by atoms with Crippen molar-refractivity contribution >= 4 is 10.0 Å². The number of benzene rings is 1. The maximum atomic E-state index is 13.1. The van der Waals surface area contributed by atoms with Crippen molar-refractivity contribution in [2.45, 2.75) is 32.5 Å². The van der Waals surface area contributed by atoms with Crippen molar-refractivity contribution in [1.29, 1.82) is 0 Å². The monoisotopic (exact) mass is 434 g/mol. The van der Waals surface area contributed by atoms with Crippen LogP contribution in [-0.2, 0) is 29.7 Å². The van der Waals surface area contributed by atoms with E-state index in [-0.39, 0.29) is 23.6 Å². The zero-order chi connectivity index (χ0) is 21.4. The predicted octanol–water partition coefficient (Wildman–Crippen LogP) is 2.22. The van der Waals surface area contributed by atoms with Crippen LogP contribution in [-0.4, -0.2) is 43.3 Å². The second-order valence-corrected chi connectivity index (χ2v) is 10.3. The van der Waals surface area contributed by atoms with Gasteiger partial charge in [0.2, 0.25) is 21.2 Å². The summed E-state index contributed by atoms with van der Waals surface area (Å²) in [5, 5.41) is 13.1. The highest BCUT2D eigenvalue weighted by Crippen LogP contribution is 2.31. The Morgan fingerprint density at radius 1 is 1.20 bits per heavy atom. The molecular weight excluding hydrogens is 408 g/mol. The molecule has 0 radical (unpaired) electrons. The lowest BCUT2D eigenvalue weighted by molar-refractivity contribution is -0.914. The van der Waals surface area contributed by atoms with Crippen LogP contribution in [0.1, 0.15) is 29.7 Å². The highest BCUT2D eigenvalue weighted by Gasteiger charge is 2.29. The zero-order valence-corrected chi connectivity index (χ0v) is 17.8. The van der Waals surface area contributed by atoms with E-state index in [4.69, 9.17) is 9.15 Å². The molecule has 8 nitrogen and oxygen atoms in total. The molecule has 3 heterocycles. The third-order valence-corrected chi connectivity index (χ3v) is 7.15. The van der Waals surface area contributed by atoms with E-state index in [1.165, 1.54) is 22.9 Å². The Morgan fingerprint density at radius 3 is 2.40 bits per heavy atom. The van der Waals surface area contributed by atoms with E-state index in [9.17, 15) is 18.4 Å². The Bertz CT molecular complexity index is 1050. The summed E-state index contributed by atoms with van der Waals surface area (Å²) in [6.07, 6.45) is 3.87. The van der Waals surface area contributed by atoms with Crippen LogP contribution >= 0.6 is 0 Å². The van der Waals surface area contributed by atoms with Gasteiger partial charge in [0.15, 0.2) is 5.76 Å². The fourth-order valence-electron chi connectivity index (χ4n) is 4.18. The average Bonchev–Trinajstić information content (AvgIpc) is 3.02. The maximum Gasteiger partial charge on any atom is 0.227 e. The van der Waals surface area contributed by atoms with Gasteiger partial charge >= 0.3 is 0 Å². The molecule has 0 spiro atoms. The highest BCUT2D eigenvalue weighted by atomic mass is 32.2. The quantitative estimate of drug-likeness (QED) is 0.511. The van der Waals surface area contributed by atoms with Gasteiger partial charge in [0, 0.05) is 30.3 Å². The summed E-state index contributed by atoms with van der Waals surface area (Å²) in [6, 6.07) is 9.10. The second-order valence-electron chi connectivity index (χ2n) is 8.29. The normalized spacial score (nSPS) is 19.5. The summed E-state index contributed by atoms with van der Waals surface area (Å²) in [6.45, 7) is 2.08. The van der Waals surface area contributed by atoms with Gasteiger partial charge < -0.3 is 19.0 Å². The zero-order valence-electron chi connectivity index (χ0n) is 17.0. The SMILES string of the molecule is CS(=O)(=O)N1CCC(COc2coc(C[N+]3([O-])Cc4ccccc4C3)cc2=O)CC1. The number of quaternary nitrogens is 1. The van der Waals surface area contributed by atoms with E-state index in [1.54, 1.807) is 0 Å². The molecule has 2 aromatic rings. The molecule has 162 valence electrons. The first-order chi connectivity index (χ1) is 14.2. The van der Waals surface area contributed by atoms with E-state index in [1.807, 2.05) is 24.3 Å². The second kappa shape index (κ2) is 8.14. The van der Waals surface area contributed by atoms with Crippen molar-refractivity contribution in [3.8, 4) is 5.75 Å². The first-order valence-electron chi connectivity index (χ1n) is 10.1. The fraction of sp³-hybridized carbons (Fsp3) is 0.476. The Kier molecular flexibility index (Phi) is 5.71. The van der Waals surface area contributed by atoms with Gasteiger partial charge in [0.25, 0.3) is 0 Å². The molecule has 0 amide bonds. The summed E-state index contributed by atoms with van der Waals surface area (Å²) < 4.78 is 35.3. The van der Waals surface area contributed by atoms with Gasteiger partial charge in [-0.2, -0.15) is 0 Å². The molecule has 30 heavy (non-hydrogen) atoms. The number of rotatable bonds is 6. The molecule has 1 aromatic carbocycles. The Balaban J connectivity index is 1.33. The number of fused-ring (bicyclic) bond motifs is 1. The molecule has 9 heteroatoms. The van der Waals surface area contributed by atoms with Crippen molar-refractivity contribution in [2.75, 3.05) is 26.0 Å². The molecule has 0 saturated carbocycles. The number of sulfonamides is 1. The van der Waals surface area contributed by atoms with Gasteiger partial charge in [0.05, 0.1) is 12.9 Å².